The third kappa shape index (κ3) is 1.09. The van der Waals surface area contributed by atoms with Gasteiger partial charge < -0.3 is 0 Å². The molecule has 0 aromatic carbocycles. The highest BCUT2D eigenvalue weighted by molar-refractivity contribution is 5.25. The topological polar surface area (TPSA) is 3.24 Å². The first-order valence-electron chi connectivity index (χ1n) is 3.33. The van der Waals surface area contributed by atoms with Crippen molar-refractivity contribution >= 4 is 0 Å². The Hall–Kier alpha value is -0.480. The molecule has 0 heterocycles. The van der Waals surface area contributed by atoms with Gasteiger partial charge in [-0.2, -0.15) is 0 Å². The average molecular weight is 123 g/mol. The van der Waals surface area contributed by atoms with Crippen LogP contribution in [0.5, 0.6) is 0 Å². The van der Waals surface area contributed by atoms with Gasteiger partial charge in [0.2, 0.25) is 0 Å². The molecule has 1 fully saturated rings. The first-order valence-corrected chi connectivity index (χ1v) is 3.33. The first-order chi connectivity index (χ1) is 4.21. The number of nitrogens with zero attached hydrogens (tertiary/aromatic N) is 1. The minimum Gasteiger partial charge on any atom is -0.293 e. The Bertz CT molecular complexity index is 155. The maximum Gasteiger partial charge on any atom is 0.0822 e. The van der Waals surface area contributed by atoms with Crippen LogP contribution in [0.15, 0.2) is 0 Å². The van der Waals surface area contributed by atoms with E-state index in [-0.39, 0.29) is 5.54 Å². The Morgan fingerprint density at radius 2 is 1.89 bits per heavy atom. The fourth-order valence-corrected chi connectivity index (χ4v) is 1.04. The van der Waals surface area contributed by atoms with Crippen LogP contribution in [0.1, 0.15) is 19.8 Å². The Morgan fingerprint density at radius 1 is 1.33 bits per heavy atom. The zero-order valence-electron chi connectivity index (χ0n) is 6.36. The molecule has 1 rings (SSSR count). The van der Waals surface area contributed by atoms with Gasteiger partial charge in [0, 0.05) is 0 Å². The molecule has 0 aromatic rings. The van der Waals surface area contributed by atoms with Gasteiger partial charge in [0.25, 0.3) is 0 Å². The van der Waals surface area contributed by atoms with Crippen LogP contribution in [-0.2, 0) is 0 Å². The molecule has 50 valence electrons. The summed E-state index contributed by atoms with van der Waals surface area (Å²) in [6, 6.07) is 0. The lowest BCUT2D eigenvalue weighted by Gasteiger charge is -2.16. The molecular formula is C8H13N. The molecule has 1 aliphatic rings. The van der Waals surface area contributed by atoms with E-state index < -0.39 is 0 Å². The Labute approximate surface area is 57.0 Å². The van der Waals surface area contributed by atoms with Gasteiger partial charge >= 0.3 is 0 Å². The summed E-state index contributed by atoms with van der Waals surface area (Å²) < 4.78 is 0. The molecule has 0 aromatic heterocycles. The van der Waals surface area contributed by atoms with E-state index >= 15 is 0 Å². The normalized spacial score (nSPS) is 20.9. The second-order valence-electron chi connectivity index (χ2n) is 2.80. The molecule has 0 unspecified atom stereocenters. The highest BCUT2D eigenvalue weighted by Crippen LogP contribution is 2.38. The predicted octanol–water partition coefficient (Wildman–Crippen LogP) is 1.10. The van der Waals surface area contributed by atoms with Crippen molar-refractivity contribution in [3.05, 3.63) is 0 Å². The lowest BCUT2D eigenvalue weighted by atomic mass is 10.2. The van der Waals surface area contributed by atoms with E-state index in [1.54, 1.807) is 0 Å². The lowest BCUT2D eigenvalue weighted by molar-refractivity contribution is 0.335. The van der Waals surface area contributed by atoms with E-state index in [9.17, 15) is 0 Å². The Morgan fingerprint density at radius 3 is 2.00 bits per heavy atom. The van der Waals surface area contributed by atoms with E-state index in [0.29, 0.717) is 0 Å². The lowest BCUT2D eigenvalue weighted by Crippen LogP contribution is -2.27. The van der Waals surface area contributed by atoms with Gasteiger partial charge in [-0.1, -0.05) is 5.92 Å². The van der Waals surface area contributed by atoms with Crippen molar-refractivity contribution < 1.29 is 0 Å². The molecular weight excluding hydrogens is 110 g/mol. The second-order valence-corrected chi connectivity index (χ2v) is 2.80. The van der Waals surface area contributed by atoms with Crippen LogP contribution in [0.4, 0.5) is 0 Å². The van der Waals surface area contributed by atoms with Crippen molar-refractivity contribution in [3.8, 4) is 11.8 Å². The van der Waals surface area contributed by atoms with Crippen LogP contribution in [-0.4, -0.2) is 24.5 Å². The molecule has 0 amide bonds. The fourth-order valence-electron chi connectivity index (χ4n) is 1.04. The fraction of sp³-hybridized carbons (Fsp3) is 0.750. The van der Waals surface area contributed by atoms with E-state index in [1.807, 2.05) is 6.92 Å². The maximum absolute atomic E-state index is 3.21. The molecule has 9 heavy (non-hydrogen) atoms. The minimum absolute atomic E-state index is 0.273. The van der Waals surface area contributed by atoms with Crippen molar-refractivity contribution in [2.45, 2.75) is 25.3 Å². The Kier molecular flexibility index (Phi) is 1.50. The standard InChI is InChI=1S/C8H13N/c1-4-5-8(6-7-8)9(2)3/h6-7H2,1-3H3. The van der Waals surface area contributed by atoms with Crippen molar-refractivity contribution in [3.63, 3.8) is 0 Å². The molecule has 0 saturated heterocycles. The van der Waals surface area contributed by atoms with Crippen LogP contribution in [0.25, 0.3) is 0 Å². The van der Waals surface area contributed by atoms with Gasteiger partial charge in [0.15, 0.2) is 0 Å². The number of hydrogen-bond acceptors (Lipinski definition) is 1. The largest absolute Gasteiger partial charge is 0.293 e. The van der Waals surface area contributed by atoms with Crippen LogP contribution in [0.2, 0.25) is 0 Å². The molecule has 1 heteroatoms. The maximum atomic E-state index is 3.21. The second kappa shape index (κ2) is 2.04. The molecule has 0 bridgehead atoms. The van der Waals surface area contributed by atoms with Gasteiger partial charge in [0.05, 0.1) is 5.54 Å². The minimum atomic E-state index is 0.273. The van der Waals surface area contributed by atoms with Gasteiger partial charge in [-0.25, -0.2) is 0 Å². The molecule has 0 radical (unpaired) electrons. The van der Waals surface area contributed by atoms with Gasteiger partial charge in [-0.15, -0.1) is 5.92 Å². The molecule has 0 aliphatic heterocycles. The smallest absolute Gasteiger partial charge is 0.0822 e. The van der Waals surface area contributed by atoms with Crippen molar-refractivity contribution in [1.29, 1.82) is 0 Å². The van der Waals surface area contributed by atoms with E-state index in [1.165, 1.54) is 12.8 Å². The van der Waals surface area contributed by atoms with E-state index in [4.69, 9.17) is 0 Å². The average Bonchev–Trinajstić information content (AvgIpc) is 2.49. The summed E-state index contributed by atoms with van der Waals surface area (Å²) >= 11 is 0. The summed E-state index contributed by atoms with van der Waals surface area (Å²) in [4.78, 5) is 2.21. The van der Waals surface area contributed by atoms with E-state index in [2.05, 4.69) is 30.8 Å². The molecule has 1 aliphatic carbocycles. The summed E-state index contributed by atoms with van der Waals surface area (Å²) in [6.45, 7) is 1.91. The predicted molar refractivity (Wildman–Crippen MR) is 39.1 cm³/mol. The van der Waals surface area contributed by atoms with E-state index in [0.717, 1.165) is 0 Å². The zero-order chi connectivity index (χ0) is 6.91. The first kappa shape index (κ1) is 6.64. The van der Waals surface area contributed by atoms with Crippen LogP contribution >= 0.6 is 0 Å². The van der Waals surface area contributed by atoms with Crippen molar-refractivity contribution in [2.24, 2.45) is 0 Å². The van der Waals surface area contributed by atoms with Gasteiger partial charge in [-0.05, 0) is 33.9 Å². The highest BCUT2D eigenvalue weighted by Gasteiger charge is 2.43. The van der Waals surface area contributed by atoms with Crippen LogP contribution in [0.3, 0.4) is 0 Å². The third-order valence-electron chi connectivity index (χ3n) is 1.94. The number of hydrogen-bond donors (Lipinski definition) is 0. The summed E-state index contributed by atoms with van der Waals surface area (Å²) in [7, 11) is 4.19. The van der Waals surface area contributed by atoms with Gasteiger partial charge in [0.1, 0.15) is 0 Å². The third-order valence-corrected chi connectivity index (χ3v) is 1.94. The molecule has 1 nitrogen and oxygen atoms in total. The van der Waals surface area contributed by atoms with Gasteiger partial charge in [-0.3, -0.25) is 4.90 Å². The molecule has 0 atom stereocenters. The zero-order valence-corrected chi connectivity index (χ0v) is 6.36. The van der Waals surface area contributed by atoms with Crippen LogP contribution in [0, 0.1) is 11.8 Å². The van der Waals surface area contributed by atoms with Crippen molar-refractivity contribution in [1.82, 2.24) is 4.90 Å². The molecule has 0 N–H and O–H groups in total. The van der Waals surface area contributed by atoms with Crippen LogP contribution < -0.4 is 0 Å². The summed E-state index contributed by atoms with van der Waals surface area (Å²) in [5.41, 5.74) is 0.273. The summed E-state index contributed by atoms with van der Waals surface area (Å²) in [6.07, 6.45) is 2.50. The molecule has 0 spiro atoms. The molecule has 1 saturated carbocycles. The van der Waals surface area contributed by atoms with Crippen molar-refractivity contribution in [2.75, 3.05) is 14.1 Å². The Balaban J connectivity index is 2.60. The quantitative estimate of drug-likeness (QED) is 0.472. The highest BCUT2D eigenvalue weighted by atomic mass is 15.2. The monoisotopic (exact) mass is 123 g/mol. The SMILES string of the molecule is CC#CC1(N(C)C)CC1. The summed E-state index contributed by atoms with van der Waals surface area (Å²) in [5, 5.41) is 0. The summed E-state index contributed by atoms with van der Waals surface area (Å²) in [5.74, 6) is 6.17. The number of rotatable bonds is 1.